The fraction of sp³-hybridized carbons (Fsp3) is 1.00. The first-order chi connectivity index (χ1) is 42.5. The van der Waals surface area contributed by atoms with Crippen molar-refractivity contribution >= 4 is 236 Å². The Morgan fingerprint density at radius 2 is 0.544 bits per heavy atom. The lowest BCUT2D eigenvalue weighted by atomic mass is 10.1. The number of halogens is 6. The molecule has 33 heteroatoms. The molecule has 6 atom stereocenters. The molecule has 0 aromatic heterocycles. The van der Waals surface area contributed by atoms with Crippen LogP contribution >= 0.6 is 190 Å². The molecule has 0 aliphatic heterocycles. The molecule has 0 aliphatic rings. The molecule has 3 N–H and O–H groups in total. The van der Waals surface area contributed by atoms with Crippen LogP contribution < -0.4 is 0 Å². The average molecular weight is 1720 g/mol. The van der Waals surface area contributed by atoms with Crippen LogP contribution in [0.5, 0.6) is 0 Å². The molecule has 0 aromatic carbocycles. The zero-order valence-electron chi connectivity index (χ0n) is 57.9. The van der Waals surface area contributed by atoms with E-state index in [4.69, 9.17) is 93.0 Å². The highest BCUT2D eigenvalue weighted by atomic mass is 35.8. The highest BCUT2D eigenvalue weighted by Crippen LogP contribution is 2.46. The largest absolute Gasteiger partial charge is 0.501 e. The first-order valence-corrected chi connectivity index (χ1v) is 69.1. The van der Waals surface area contributed by atoms with Gasteiger partial charge in [0.2, 0.25) is 0 Å². The van der Waals surface area contributed by atoms with Crippen LogP contribution in [0.1, 0.15) is 178 Å². The minimum absolute atomic E-state index is 0.0253. The summed E-state index contributed by atoms with van der Waals surface area (Å²) in [6, 6.07) is 0.739. The third kappa shape index (κ3) is 66.8. The first-order valence-electron chi connectivity index (χ1n) is 32.8. The van der Waals surface area contributed by atoms with E-state index in [1.165, 1.54) is 125 Å². The molecular weight excluding hydrogens is 1590 g/mol. The van der Waals surface area contributed by atoms with E-state index in [-0.39, 0.29) is 18.7 Å². The predicted molar refractivity (Wildman–Crippen MR) is 452 cm³/mol. The molecular formula is C57H126Cl6O9S12Si6. The van der Waals surface area contributed by atoms with Gasteiger partial charge in [0.25, 0.3) is 0 Å². The standard InChI is InChI=1S/C23H52O3S4Si2.C20H46O6S4Si2.C14H28Cl6S4Si2/c1-9-24-32(25-10-2,26-11-3)21-23(5)17-13-15-19-28-30-29-27-18-14-12-16-22(4)20-31(6,7)8;1-19(14-31(16-21,17-22)18-23)10-6-8-12-27-29-30-28-13-9-7-11-20(2)15-32(24-3,25-4)26-5;1-13(11-25(15,16)17)7-3-5-9-21-23-24-22-10-6-4-8-14(2)12-26(18,19)20/h22-23H,9-21H2,1-8H3;19-23H,6-18H2,1-5H3;13-14H,3-12H2,1-2H3. The molecule has 0 fully saturated rings. The van der Waals surface area contributed by atoms with E-state index in [0.29, 0.717) is 49.4 Å². The second-order valence-electron chi connectivity index (χ2n) is 25.2. The summed E-state index contributed by atoms with van der Waals surface area (Å²) in [6.07, 6.45) is 22.2. The maximum absolute atomic E-state index is 9.50. The van der Waals surface area contributed by atoms with Gasteiger partial charge in [0, 0.05) is 115 Å². The molecule has 0 saturated heterocycles. The minimum atomic E-state index is -2.49. The predicted octanol–water partition coefficient (Wildman–Crippen LogP) is 25.4. The molecule has 0 spiro atoms. The van der Waals surface area contributed by atoms with Gasteiger partial charge in [0.1, 0.15) is 8.07 Å². The zero-order valence-corrected chi connectivity index (χ0v) is 78.2. The van der Waals surface area contributed by atoms with Crippen LogP contribution in [0.4, 0.5) is 0 Å². The van der Waals surface area contributed by atoms with Gasteiger partial charge in [-0.25, -0.2) is 0 Å². The number of rotatable bonds is 63. The van der Waals surface area contributed by atoms with E-state index in [1.807, 2.05) is 144 Å². The molecule has 0 rings (SSSR count). The average Bonchev–Trinajstić information content (AvgIpc) is 2.62. The Bertz CT molecular complexity index is 1460. The highest BCUT2D eigenvalue weighted by Gasteiger charge is 2.42. The molecule has 546 valence electrons. The van der Waals surface area contributed by atoms with Gasteiger partial charge in [-0.2, -0.15) is 0 Å². The van der Waals surface area contributed by atoms with Crippen molar-refractivity contribution in [1.29, 1.82) is 0 Å². The third-order valence-electron chi connectivity index (χ3n) is 14.6. The van der Waals surface area contributed by atoms with Gasteiger partial charge < -0.3 is 41.9 Å². The molecule has 6 unspecified atom stereocenters. The van der Waals surface area contributed by atoms with Crippen molar-refractivity contribution in [1.82, 2.24) is 0 Å². The summed E-state index contributed by atoms with van der Waals surface area (Å²) in [4.78, 5) is 0. The monoisotopic (exact) mass is 1720 g/mol. The smallest absolute Gasteiger partial charge is 0.399 e. The Morgan fingerprint density at radius 1 is 0.322 bits per heavy atom. The van der Waals surface area contributed by atoms with Crippen molar-refractivity contribution in [3.8, 4) is 0 Å². The van der Waals surface area contributed by atoms with Crippen molar-refractivity contribution in [3.63, 3.8) is 0 Å². The maximum Gasteiger partial charge on any atom is 0.501 e. The third-order valence-corrected chi connectivity index (χ3v) is 51.5. The van der Waals surface area contributed by atoms with E-state index < -0.39 is 45.8 Å². The lowest BCUT2D eigenvalue weighted by molar-refractivity contribution is 0.0672. The van der Waals surface area contributed by atoms with E-state index in [0.717, 1.165) is 67.6 Å². The van der Waals surface area contributed by atoms with Gasteiger partial charge in [-0.15, -0.1) is 66.5 Å². The van der Waals surface area contributed by atoms with Gasteiger partial charge in [0.05, 0.1) is 0 Å². The minimum Gasteiger partial charge on any atom is -0.399 e. The van der Waals surface area contributed by atoms with Crippen LogP contribution in [0.15, 0.2) is 0 Å². The Kier molecular flexibility index (Phi) is 73.4. The van der Waals surface area contributed by atoms with Crippen molar-refractivity contribution in [2.45, 2.75) is 234 Å². The molecule has 90 heavy (non-hydrogen) atoms. The summed E-state index contributed by atoms with van der Waals surface area (Å²) >= 11 is 35.7. The normalized spacial score (nSPS) is 14.8. The Morgan fingerprint density at radius 3 is 0.756 bits per heavy atom. The topological polar surface area (TPSA) is 116 Å². The molecule has 0 aliphatic carbocycles. The summed E-state index contributed by atoms with van der Waals surface area (Å²) in [7, 11) is 20.2. The van der Waals surface area contributed by atoms with E-state index in [9.17, 15) is 15.3 Å². The summed E-state index contributed by atoms with van der Waals surface area (Å²) in [5.74, 6) is 10.8. The highest BCUT2D eigenvalue weighted by molar-refractivity contribution is 9.27. The molecule has 0 aromatic rings. The molecule has 0 heterocycles. The molecule has 0 bridgehead atoms. The summed E-state index contributed by atoms with van der Waals surface area (Å²) in [6.45, 7) is 29.1. The molecule has 0 amide bonds. The second kappa shape index (κ2) is 65.4. The van der Waals surface area contributed by atoms with Crippen molar-refractivity contribution in [2.24, 2.45) is 35.5 Å². The molecule has 0 radical (unpaired) electrons. The summed E-state index contributed by atoms with van der Waals surface area (Å²) < 4.78 is 34.5. The summed E-state index contributed by atoms with van der Waals surface area (Å²) in [5, 5.41) is 28.5. The lowest BCUT2D eigenvalue weighted by Gasteiger charge is -2.30. The van der Waals surface area contributed by atoms with E-state index in [1.54, 1.807) is 21.3 Å². The number of aliphatic hydroxyl groups is 3. The van der Waals surface area contributed by atoms with Crippen LogP contribution in [-0.4, -0.2) is 155 Å². The van der Waals surface area contributed by atoms with Crippen LogP contribution in [0.3, 0.4) is 0 Å². The van der Waals surface area contributed by atoms with Crippen molar-refractivity contribution in [3.05, 3.63) is 0 Å². The number of hydrogen-bond donors (Lipinski definition) is 3. The van der Waals surface area contributed by atoms with Gasteiger partial charge in [-0.1, -0.05) is 209 Å². The number of unbranched alkanes of at least 4 members (excludes halogenated alkanes) is 6. The second-order valence-corrected chi connectivity index (χ2v) is 77.8. The van der Waals surface area contributed by atoms with E-state index in [2.05, 4.69) is 61.2 Å². The first kappa shape index (κ1) is 101. The van der Waals surface area contributed by atoms with Gasteiger partial charge in [0.15, 0.2) is 0 Å². The van der Waals surface area contributed by atoms with Crippen LogP contribution in [0.25, 0.3) is 0 Å². The lowest BCUT2D eigenvalue weighted by Crippen LogP contribution is -2.49. The summed E-state index contributed by atoms with van der Waals surface area (Å²) in [5.41, 5.74) is 0. The number of aliphatic hydroxyl groups excluding tert-OH is 3. The van der Waals surface area contributed by atoms with Crippen molar-refractivity contribution < 1.29 is 41.9 Å². The van der Waals surface area contributed by atoms with Gasteiger partial charge in [-0.3, -0.25) is 0 Å². The molecule has 9 nitrogen and oxygen atoms in total. The SMILES string of the molecule is CC(CCCCSSSSCCCCC(C)C[Si](Cl)(Cl)Cl)C[Si](Cl)(Cl)Cl.CCO[Si](CC(C)CCCCSSSSCCCCC(C)C[Si](C)(C)C)(OCC)OCC.CO[Si](CC(C)CCCCSSSSCCCCC(C)C[Si](CO)(CO)CO)(OC)OC. The fourth-order valence-electron chi connectivity index (χ4n) is 10.1. The van der Waals surface area contributed by atoms with Crippen LogP contribution in [0.2, 0.25) is 55.9 Å². The van der Waals surface area contributed by atoms with Gasteiger partial charge in [-0.05, 0) is 172 Å². The van der Waals surface area contributed by atoms with Gasteiger partial charge >= 0.3 is 29.6 Å². The van der Waals surface area contributed by atoms with E-state index >= 15 is 0 Å². The van der Waals surface area contributed by atoms with Crippen LogP contribution in [-0.2, 0) is 26.6 Å². The number of hydrogen-bond acceptors (Lipinski definition) is 21. The van der Waals surface area contributed by atoms with Crippen LogP contribution in [0, 0.1) is 35.5 Å². The zero-order chi connectivity index (χ0) is 68.6. The maximum atomic E-state index is 9.50. The Labute approximate surface area is 633 Å². The molecule has 0 saturated carbocycles. The Hall–Kier alpha value is 6.88. The quantitative estimate of drug-likeness (QED) is 0.0232. The fourth-order valence-corrected chi connectivity index (χ4v) is 45.3. The van der Waals surface area contributed by atoms with Crippen molar-refractivity contribution in [2.75, 3.05) is 94.4 Å². The Balaban J connectivity index is -0.00000127.